The zero-order valence-corrected chi connectivity index (χ0v) is 11.3. The van der Waals surface area contributed by atoms with Gasteiger partial charge in [-0.05, 0) is 30.9 Å². The zero-order chi connectivity index (χ0) is 13.8. The van der Waals surface area contributed by atoms with Crippen LogP contribution < -0.4 is 10.6 Å². The first-order valence-electron chi connectivity index (χ1n) is 7.04. The fourth-order valence-electron chi connectivity index (χ4n) is 2.54. The van der Waals surface area contributed by atoms with Crippen LogP contribution >= 0.6 is 0 Å². The van der Waals surface area contributed by atoms with E-state index in [9.17, 15) is 4.79 Å². The van der Waals surface area contributed by atoms with Crippen molar-refractivity contribution in [3.05, 3.63) is 36.0 Å². The molecule has 1 aromatic carbocycles. The first kappa shape index (κ1) is 13.0. The summed E-state index contributed by atoms with van der Waals surface area (Å²) in [5.41, 5.74) is 2.35. The Morgan fingerprint density at radius 3 is 3.15 bits per heavy atom. The highest BCUT2D eigenvalue weighted by atomic mass is 16.5. The van der Waals surface area contributed by atoms with Gasteiger partial charge in [-0.2, -0.15) is 0 Å². The van der Waals surface area contributed by atoms with Crippen LogP contribution in [0.1, 0.15) is 18.4 Å². The van der Waals surface area contributed by atoms with Gasteiger partial charge in [0.1, 0.15) is 6.23 Å². The molecule has 1 aliphatic heterocycles. The molecule has 1 fully saturated rings. The molecule has 0 aliphatic carbocycles. The maximum absolute atomic E-state index is 11.7. The molecule has 3 N–H and O–H groups in total. The number of aromatic amines is 1. The van der Waals surface area contributed by atoms with Crippen molar-refractivity contribution in [1.29, 1.82) is 0 Å². The van der Waals surface area contributed by atoms with Crippen molar-refractivity contribution >= 4 is 16.9 Å². The van der Waals surface area contributed by atoms with Crippen LogP contribution in [0.4, 0.5) is 4.79 Å². The van der Waals surface area contributed by atoms with Gasteiger partial charge in [0.05, 0.1) is 0 Å². The van der Waals surface area contributed by atoms with Gasteiger partial charge in [0.25, 0.3) is 0 Å². The average Bonchev–Trinajstić information content (AvgIpc) is 3.09. The van der Waals surface area contributed by atoms with Gasteiger partial charge in [0.15, 0.2) is 0 Å². The summed E-state index contributed by atoms with van der Waals surface area (Å²) in [5.74, 6) is 0. The second-order valence-electron chi connectivity index (χ2n) is 5.01. The van der Waals surface area contributed by atoms with Crippen molar-refractivity contribution in [2.45, 2.75) is 25.5 Å². The molecule has 106 valence electrons. The van der Waals surface area contributed by atoms with Gasteiger partial charge in [0, 0.05) is 30.3 Å². The van der Waals surface area contributed by atoms with Crippen LogP contribution in [-0.2, 0) is 11.2 Å². The molecule has 5 nitrogen and oxygen atoms in total. The van der Waals surface area contributed by atoms with E-state index in [1.807, 2.05) is 18.3 Å². The Morgan fingerprint density at radius 1 is 1.40 bits per heavy atom. The molecule has 1 atom stereocenters. The molecule has 1 unspecified atom stereocenters. The molecule has 1 saturated heterocycles. The highest BCUT2D eigenvalue weighted by Gasteiger charge is 2.17. The Balaban J connectivity index is 1.48. The van der Waals surface area contributed by atoms with E-state index < -0.39 is 0 Å². The van der Waals surface area contributed by atoms with Gasteiger partial charge in [-0.15, -0.1) is 0 Å². The number of carbonyl (C=O) groups is 1. The molecule has 5 heteroatoms. The number of fused-ring (bicyclic) bond motifs is 1. The highest BCUT2D eigenvalue weighted by Crippen LogP contribution is 2.17. The van der Waals surface area contributed by atoms with Gasteiger partial charge in [-0.1, -0.05) is 18.2 Å². The summed E-state index contributed by atoms with van der Waals surface area (Å²) in [6.45, 7) is 1.35. The number of H-pyrrole nitrogens is 1. The number of aromatic nitrogens is 1. The standard InChI is InChI=1S/C15H19N3O2/c19-15(18-14-6-3-9-20-14)16-8-7-11-10-17-13-5-2-1-4-12(11)13/h1-2,4-5,10,14,17H,3,6-9H2,(H2,16,18,19). The second kappa shape index (κ2) is 5.96. The summed E-state index contributed by atoms with van der Waals surface area (Å²) in [7, 11) is 0. The molecular formula is C15H19N3O2. The number of amides is 2. The summed E-state index contributed by atoms with van der Waals surface area (Å²) in [5, 5.41) is 6.90. The van der Waals surface area contributed by atoms with E-state index in [1.54, 1.807) is 0 Å². The Hall–Kier alpha value is -2.01. The van der Waals surface area contributed by atoms with Crippen LogP contribution in [0.3, 0.4) is 0 Å². The minimum atomic E-state index is -0.156. The third kappa shape index (κ3) is 2.93. The van der Waals surface area contributed by atoms with E-state index in [2.05, 4.69) is 27.8 Å². The Bertz CT molecular complexity index is 588. The number of hydrogen-bond acceptors (Lipinski definition) is 2. The summed E-state index contributed by atoms with van der Waals surface area (Å²) in [4.78, 5) is 14.9. The lowest BCUT2D eigenvalue weighted by Crippen LogP contribution is -2.42. The van der Waals surface area contributed by atoms with Crippen LogP contribution in [0, 0.1) is 0 Å². The summed E-state index contributed by atoms with van der Waals surface area (Å²) < 4.78 is 5.36. The number of ether oxygens (including phenoxy) is 1. The average molecular weight is 273 g/mol. The molecule has 0 saturated carbocycles. The van der Waals surface area contributed by atoms with E-state index in [-0.39, 0.29) is 12.3 Å². The van der Waals surface area contributed by atoms with Gasteiger partial charge >= 0.3 is 6.03 Å². The van der Waals surface area contributed by atoms with Crippen LogP contribution in [0.15, 0.2) is 30.5 Å². The second-order valence-corrected chi connectivity index (χ2v) is 5.01. The Kier molecular flexibility index (Phi) is 3.87. The van der Waals surface area contributed by atoms with Gasteiger partial charge in [-0.25, -0.2) is 4.79 Å². The largest absolute Gasteiger partial charge is 0.361 e. The molecule has 0 radical (unpaired) electrons. The van der Waals surface area contributed by atoms with Crippen LogP contribution in [0.5, 0.6) is 0 Å². The highest BCUT2D eigenvalue weighted by molar-refractivity contribution is 5.83. The molecular weight excluding hydrogens is 254 g/mol. The van der Waals surface area contributed by atoms with Crippen LogP contribution in [-0.4, -0.2) is 30.4 Å². The molecule has 2 heterocycles. The third-order valence-corrected chi connectivity index (χ3v) is 3.58. The lowest BCUT2D eigenvalue weighted by atomic mass is 10.1. The number of para-hydroxylation sites is 1. The Labute approximate surface area is 117 Å². The van der Waals surface area contributed by atoms with E-state index in [1.165, 1.54) is 10.9 Å². The molecule has 1 aromatic heterocycles. The molecule has 0 spiro atoms. The van der Waals surface area contributed by atoms with E-state index >= 15 is 0 Å². The number of rotatable bonds is 4. The topological polar surface area (TPSA) is 66.2 Å². The normalized spacial score (nSPS) is 18.3. The maximum Gasteiger partial charge on any atom is 0.316 e. The third-order valence-electron chi connectivity index (χ3n) is 3.58. The molecule has 1 aliphatic rings. The van der Waals surface area contributed by atoms with E-state index in [0.717, 1.165) is 31.4 Å². The van der Waals surface area contributed by atoms with Crippen molar-refractivity contribution in [3.8, 4) is 0 Å². The van der Waals surface area contributed by atoms with Crippen molar-refractivity contribution < 1.29 is 9.53 Å². The van der Waals surface area contributed by atoms with Crippen molar-refractivity contribution in [1.82, 2.24) is 15.6 Å². The van der Waals surface area contributed by atoms with Gasteiger partial charge in [0.2, 0.25) is 0 Å². The fourth-order valence-corrected chi connectivity index (χ4v) is 2.54. The minimum absolute atomic E-state index is 0.122. The lowest BCUT2D eigenvalue weighted by molar-refractivity contribution is 0.0908. The van der Waals surface area contributed by atoms with E-state index in [4.69, 9.17) is 4.74 Å². The number of carbonyl (C=O) groups excluding carboxylic acids is 1. The quantitative estimate of drug-likeness (QED) is 0.799. The number of urea groups is 1. The molecule has 2 amide bonds. The monoisotopic (exact) mass is 273 g/mol. The number of nitrogens with one attached hydrogen (secondary N) is 3. The predicted octanol–water partition coefficient (Wildman–Crippen LogP) is 2.15. The Morgan fingerprint density at radius 2 is 2.30 bits per heavy atom. The van der Waals surface area contributed by atoms with Gasteiger partial charge < -0.3 is 20.4 Å². The number of hydrogen-bond donors (Lipinski definition) is 3. The maximum atomic E-state index is 11.7. The van der Waals surface area contributed by atoms with Crippen molar-refractivity contribution in [2.75, 3.05) is 13.2 Å². The van der Waals surface area contributed by atoms with Crippen molar-refractivity contribution in [3.63, 3.8) is 0 Å². The first-order valence-corrected chi connectivity index (χ1v) is 7.04. The molecule has 3 rings (SSSR count). The predicted molar refractivity (Wildman–Crippen MR) is 77.5 cm³/mol. The molecule has 0 bridgehead atoms. The lowest BCUT2D eigenvalue weighted by Gasteiger charge is -2.12. The van der Waals surface area contributed by atoms with Crippen LogP contribution in [0.2, 0.25) is 0 Å². The first-order chi connectivity index (χ1) is 9.83. The number of benzene rings is 1. The van der Waals surface area contributed by atoms with Gasteiger partial charge in [-0.3, -0.25) is 0 Å². The summed E-state index contributed by atoms with van der Waals surface area (Å²) in [6, 6.07) is 8.02. The molecule has 20 heavy (non-hydrogen) atoms. The minimum Gasteiger partial charge on any atom is -0.361 e. The smallest absolute Gasteiger partial charge is 0.316 e. The van der Waals surface area contributed by atoms with E-state index in [0.29, 0.717) is 6.54 Å². The summed E-state index contributed by atoms with van der Waals surface area (Å²) >= 11 is 0. The SMILES string of the molecule is O=C(NCCc1c[nH]c2ccccc12)NC1CCCO1. The fraction of sp³-hybridized carbons (Fsp3) is 0.400. The zero-order valence-electron chi connectivity index (χ0n) is 11.3. The summed E-state index contributed by atoms with van der Waals surface area (Å²) in [6.07, 6.45) is 4.60. The van der Waals surface area contributed by atoms with Crippen LogP contribution in [0.25, 0.3) is 10.9 Å². The molecule has 2 aromatic rings. The van der Waals surface area contributed by atoms with Crippen molar-refractivity contribution in [2.24, 2.45) is 0 Å².